The van der Waals surface area contributed by atoms with Crippen LogP contribution in [0.15, 0.2) is 42.5 Å². The van der Waals surface area contributed by atoms with Crippen molar-refractivity contribution >= 4 is 17.2 Å². The van der Waals surface area contributed by atoms with E-state index in [0.717, 1.165) is 12.0 Å². The van der Waals surface area contributed by atoms with Gasteiger partial charge in [0.2, 0.25) is 5.91 Å². The zero-order valence-corrected chi connectivity index (χ0v) is 13.0. The van der Waals surface area contributed by atoms with Gasteiger partial charge in [0.1, 0.15) is 5.92 Å². The minimum Gasteiger partial charge on any atom is -0.352 e. The number of thiophene rings is 1. The molecule has 0 saturated carbocycles. The molecule has 1 aromatic carbocycles. The van der Waals surface area contributed by atoms with Gasteiger partial charge in [0.05, 0.1) is 6.07 Å². The van der Waals surface area contributed by atoms with Gasteiger partial charge in [0.15, 0.2) is 0 Å². The molecule has 21 heavy (non-hydrogen) atoms. The number of rotatable bonds is 5. The Morgan fingerprint density at radius 2 is 2.00 bits per heavy atom. The monoisotopic (exact) mass is 298 g/mol. The van der Waals surface area contributed by atoms with E-state index in [1.807, 2.05) is 25.1 Å². The second kappa shape index (κ2) is 7.05. The molecule has 0 aliphatic heterocycles. The summed E-state index contributed by atoms with van der Waals surface area (Å²) in [5.74, 6) is -0.983. The molecule has 0 spiro atoms. The van der Waals surface area contributed by atoms with Gasteiger partial charge in [-0.05, 0) is 31.5 Å². The minimum atomic E-state index is -0.751. The Morgan fingerprint density at radius 1 is 1.29 bits per heavy atom. The molecule has 1 aromatic heterocycles. The third-order valence-corrected chi connectivity index (χ3v) is 4.24. The summed E-state index contributed by atoms with van der Waals surface area (Å²) in [5, 5.41) is 12.2. The van der Waals surface area contributed by atoms with Crippen LogP contribution in [0.4, 0.5) is 0 Å². The van der Waals surface area contributed by atoms with Crippen LogP contribution in [0, 0.1) is 18.3 Å². The highest BCUT2D eigenvalue weighted by Gasteiger charge is 2.21. The minimum absolute atomic E-state index is 0.00936. The van der Waals surface area contributed by atoms with Gasteiger partial charge in [-0.25, -0.2) is 0 Å². The largest absolute Gasteiger partial charge is 0.352 e. The highest BCUT2D eigenvalue weighted by atomic mass is 32.1. The molecule has 1 N–H and O–H groups in total. The summed E-state index contributed by atoms with van der Waals surface area (Å²) < 4.78 is 0. The predicted molar refractivity (Wildman–Crippen MR) is 85.2 cm³/mol. The topological polar surface area (TPSA) is 52.9 Å². The van der Waals surface area contributed by atoms with Crippen LogP contribution in [0.3, 0.4) is 0 Å². The summed E-state index contributed by atoms with van der Waals surface area (Å²) in [6.45, 7) is 4.03. The zero-order chi connectivity index (χ0) is 15.2. The van der Waals surface area contributed by atoms with Crippen LogP contribution in [0.2, 0.25) is 0 Å². The highest BCUT2D eigenvalue weighted by Crippen LogP contribution is 2.18. The van der Waals surface area contributed by atoms with E-state index >= 15 is 0 Å². The van der Waals surface area contributed by atoms with Gasteiger partial charge in [-0.1, -0.05) is 30.3 Å². The average Bonchev–Trinajstić information content (AvgIpc) is 2.85. The average molecular weight is 298 g/mol. The van der Waals surface area contributed by atoms with E-state index in [-0.39, 0.29) is 11.9 Å². The summed E-state index contributed by atoms with van der Waals surface area (Å²) in [6, 6.07) is 15.4. The molecule has 2 atom stereocenters. The quantitative estimate of drug-likeness (QED) is 0.919. The fraction of sp³-hybridized carbons (Fsp3) is 0.294. The third kappa shape index (κ3) is 4.17. The number of aryl methyl sites for hydroxylation is 1. The molecule has 0 fully saturated rings. The summed E-state index contributed by atoms with van der Waals surface area (Å²) in [6.07, 6.45) is 0.789. The lowest BCUT2D eigenvalue weighted by Gasteiger charge is -2.16. The normalized spacial score (nSPS) is 13.2. The molecule has 4 heteroatoms. The van der Waals surface area contributed by atoms with Gasteiger partial charge in [-0.2, -0.15) is 5.26 Å². The number of hydrogen-bond donors (Lipinski definition) is 1. The standard InChI is InChI=1S/C17H18N2OS/c1-12(10-15-9-8-13(2)21-15)19-17(20)16(11-18)14-6-4-3-5-7-14/h3-9,12,16H,10H2,1-2H3,(H,19,20). The van der Waals surface area contributed by atoms with Gasteiger partial charge in [-0.3, -0.25) is 4.79 Å². The highest BCUT2D eigenvalue weighted by molar-refractivity contribution is 7.11. The van der Waals surface area contributed by atoms with Crippen LogP contribution in [0.5, 0.6) is 0 Å². The van der Waals surface area contributed by atoms with E-state index in [9.17, 15) is 10.1 Å². The van der Waals surface area contributed by atoms with E-state index in [1.165, 1.54) is 9.75 Å². The maximum absolute atomic E-state index is 12.3. The number of benzene rings is 1. The lowest BCUT2D eigenvalue weighted by Crippen LogP contribution is -2.37. The Balaban J connectivity index is 1.98. The van der Waals surface area contributed by atoms with Crippen molar-refractivity contribution in [3.63, 3.8) is 0 Å². The zero-order valence-electron chi connectivity index (χ0n) is 12.2. The number of nitriles is 1. The molecule has 0 saturated heterocycles. The number of amides is 1. The van der Waals surface area contributed by atoms with Gasteiger partial charge in [-0.15, -0.1) is 11.3 Å². The van der Waals surface area contributed by atoms with E-state index in [4.69, 9.17) is 0 Å². The van der Waals surface area contributed by atoms with Crippen molar-refractivity contribution in [1.29, 1.82) is 5.26 Å². The molecule has 2 rings (SSSR count). The Kier molecular flexibility index (Phi) is 5.13. The fourth-order valence-corrected chi connectivity index (χ4v) is 3.22. The van der Waals surface area contributed by atoms with Crippen LogP contribution in [-0.4, -0.2) is 11.9 Å². The van der Waals surface area contributed by atoms with Crippen molar-refractivity contribution in [1.82, 2.24) is 5.32 Å². The Bertz CT molecular complexity index is 642. The Hall–Kier alpha value is -2.12. The summed E-state index contributed by atoms with van der Waals surface area (Å²) >= 11 is 1.74. The van der Waals surface area contributed by atoms with Crippen molar-refractivity contribution < 1.29 is 4.79 Å². The van der Waals surface area contributed by atoms with Crippen LogP contribution < -0.4 is 5.32 Å². The second-order valence-electron chi connectivity index (χ2n) is 5.10. The number of carbonyl (C=O) groups excluding carboxylic acids is 1. The number of hydrogen-bond acceptors (Lipinski definition) is 3. The van der Waals surface area contributed by atoms with Crippen molar-refractivity contribution in [2.24, 2.45) is 0 Å². The Morgan fingerprint density at radius 3 is 2.57 bits per heavy atom. The van der Waals surface area contributed by atoms with Crippen LogP contribution >= 0.6 is 11.3 Å². The molecule has 0 bridgehead atoms. The number of nitrogens with zero attached hydrogens (tertiary/aromatic N) is 1. The number of carbonyl (C=O) groups is 1. The predicted octanol–water partition coefficient (Wildman–Crippen LogP) is 3.41. The maximum atomic E-state index is 12.3. The smallest absolute Gasteiger partial charge is 0.242 e. The van der Waals surface area contributed by atoms with Crippen LogP contribution in [0.25, 0.3) is 0 Å². The molecular weight excluding hydrogens is 280 g/mol. The molecule has 0 radical (unpaired) electrons. The van der Waals surface area contributed by atoms with Gasteiger partial charge < -0.3 is 5.32 Å². The molecule has 0 aliphatic rings. The molecule has 1 heterocycles. The first kappa shape index (κ1) is 15.3. The van der Waals surface area contributed by atoms with E-state index in [1.54, 1.807) is 23.5 Å². The van der Waals surface area contributed by atoms with E-state index < -0.39 is 5.92 Å². The van der Waals surface area contributed by atoms with Gasteiger partial charge >= 0.3 is 0 Å². The van der Waals surface area contributed by atoms with Crippen molar-refractivity contribution in [3.8, 4) is 6.07 Å². The van der Waals surface area contributed by atoms with Crippen LogP contribution in [-0.2, 0) is 11.2 Å². The molecule has 2 aromatic rings. The summed E-state index contributed by atoms with van der Waals surface area (Å²) in [4.78, 5) is 14.8. The fourth-order valence-electron chi connectivity index (χ4n) is 2.20. The van der Waals surface area contributed by atoms with Crippen molar-refractivity contribution in [3.05, 3.63) is 57.8 Å². The molecule has 3 nitrogen and oxygen atoms in total. The maximum Gasteiger partial charge on any atom is 0.242 e. The van der Waals surface area contributed by atoms with Crippen molar-refractivity contribution in [2.45, 2.75) is 32.2 Å². The van der Waals surface area contributed by atoms with Crippen molar-refractivity contribution in [2.75, 3.05) is 0 Å². The first-order valence-electron chi connectivity index (χ1n) is 6.90. The molecular formula is C17H18N2OS. The molecule has 108 valence electrons. The Labute approximate surface area is 129 Å². The van der Waals surface area contributed by atoms with Gasteiger partial charge in [0.25, 0.3) is 0 Å². The first-order chi connectivity index (χ1) is 10.1. The van der Waals surface area contributed by atoms with Crippen LogP contribution in [0.1, 0.15) is 28.2 Å². The lowest BCUT2D eigenvalue weighted by atomic mass is 9.99. The third-order valence-electron chi connectivity index (χ3n) is 3.22. The summed E-state index contributed by atoms with van der Waals surface area (Å²) in [7, 11) is 0. The second-order valence-corrected chi connectivity index (χ2v) is 6.47. The van der Waals surface area contributed by atoms with E-state index in [2.05, 4.69) is 30.4 Å². The molecule has 2 unspecified atom stereocenters. The number of nitrogens with one attached hydrogen (secondary N) is 1. The SMILES string of the molecule is Cc1ccc(CC(C)NC(=O)C(C#N)c2ccccc2)s1. The van der Waals surface area contributed by atoms with Gasteiger partial charge in [0, 0.05) is 22.2 Å². The molecule has 1 amide bonds. The summed E-state index contributed by atoms with van der Waals surface area (Å²) in [5.41, 5.74) is 0.733. The molecule has 0 aliphatic carbocycles. The first-order valence-corrected chi connectivity index (χ1v) is 7.72. The lowest BCUT2D eigenvalue weighted by molar-refractivity contribution is -0.122. The van der Waals surface area contributed by atoms with E-state index in [0.29, 0.717) is 0 Å².